The van der Waals surface area contributed by atoms with E-state index >= 15 is 0 Å². The van der Waals surface area contributed by atoms with Gasteiger partial charge in [-0.05, 0) is 49.2 Å². The Bertz CT molecular complexity index is 1240. The lowest BCUT2D eigenvalue weighted by molar-refractivity contribution is -0.116. The number of hydrogen-bond donors (Lipinski definition) is 0. The zero-order chi connectivity index (χ0) is 21.4. The number of benzene rings is 2. The highest BCUT2D eigenvalue weighted by molar-refractivity contribution is 6.02. The Morgan fingerprint density at radius 2 is 1.87 bits per heavy atom. The molecule has 0 radical (unpaired) electrons. The van der Waals surface area contributed by atoms with E-state index in [1.807, 2.05) is 0 Å². The van der Waals surface area contributed by atoms with Crippen LogP contribution >= 0.6 is 0 Å². The van der Waals surface area contributed by atoms with Crippen molar-refractivity contribution in [3.63, 3.8) is 0 Å². The summed E-state index contributed by atoms with van der Waals surface area (Å²) in [6.45, 7) is 3.54. The number of carbonyl (C=O) groups is 3. The van der Waals surface area contributed by atoms with E-state index in [1.165, 1.54) is 13.8 Å². The zero-order valence-electron chi connectivity index (χ0n) is 16.5. The molecule has 2 heterocycles. The molecule has 3 aromatic rings. The number of para-hydroxylation sites is 1. The van der Waals surface area contributed by atoms with Crippen LogP contribution in [0.5, 0.6) is 0 Å². The third-order valence-corrected chi connectivity index (χ3v) is 5.13. The average molecular weight is 405 g/mol. The third kappa shape index (κ3) is 3.50. The number of rotatable bonds is 4. The molecule has 0 saturated heterocycles. The Labute approximate surface area is 171 Å². The van der Waals surface area contributed by atoms with Crippen LogP contribution in [0, 0.1) is 0 Å². The number of anilines is 1. The molecule has 1 atom stereocenters. The first-order valence-corrected chi connectivity index (χ1v) is 9.54. The van der Waals surface area contributed by atoms with E-state index in [2.05, 4.69) is 0 Å². The van der Waals surface area contributed by atoms with Crippen molar-refractivity contribution in [3.8, 4) is 0 Å². The van der Waals surface area contributed by atoms with E-state index in [1.54, 1.807) is 47.4 Å². The monoisotopic (exact) mass is 405 g/mol. The van der Waals surface area contributed by atoms with Crippen LogP contribution in [0.15, 0.2) is 57.7 Å². The molecule has 2 aromatic carbocycles. The highest BCUT2D eigenvalue weighted by Crippen LogP contribution is 2.29. The summed E-state index contributed by atoms with van der Waals surface area (Å²) >= 11 is 0. The van der Waals surface area contributed by atoms with Crippen molar-refractivity contribution >= 4 is 34.3 Å². The van der Waals surface area contributed by atoms with Gasteiger partial charge in [0.2, 0.25) is 17.5 Å². The molecule has 1 aliphatic heterocycles. The molecule has 0 aliphatic carbocycles. The van der Waals surface area contributed by atoms with E-state index in [0.717, 1.165) is 17.3 Å². The minimum Gasteiger partial charge on any atom is -0.449 e. The van der Waals surface area contributed by atoms with E-state index in [-0.39, 0.29) is 28.5 Å². The molecule has 7 nitrogen and oxygen atoms in total. The van der Waals surface area contributed by atoms with Crippen LogP contribution in [-0.4, -0.2) is 30.3 Å². The highest BCUT2D eigenvalue weighted by Gasteiger charge is 2.26. The van der Waals surface area contributed by atoms with Gasteiger partial charge in [0.05, 0.1) is 5.39 Å². The average Bonchev–Trinajstić information content (AvgIpc) is 3.16. The molecule has 7 heteroatoms. The van der Waals surface area contributed by atoms with Gasteiger partial charge < -0.3 is 14.1 Å². The number of Topliss-reactive ketones (excluding diaryl/α,β-unsaturated/α-hetero) is 1. The van der Waals surface area contributed by atoms with Crippen molar-refractivity contribution in [2.75, 3.05) is 11.4 Å². The van der Waals surface area contributed by atoms with Crippen molar-refractivity contribution < 1.29 is 23.5 Å². The van der Waals surface area contributed by atoms with E-state index in [9.17, 15) is 19.2 Å². The van der Waals surface area contributed by atoms with Crippen LogP contribution in [-0.2, 0) is 16.0 Å². The maximum absolute atomic E-state index is 12.8. The minimum absolute atomic E-state index is 0.0491. The lowest BCUT2D eigenvalue weighted by atomic mass is 10.0. The van der Waals surface area contributed by atoms with Gasteiger partial charge in [0.1, 0.15) is 5.58 Å². The van der Waals surface area contributed by atoms with Gasteiger partial charge in [-0.15, -0.1) is 0 Å². The fraction of sp³-hybridized carbons (Fsp3) is 0.217. The van der Waals surface area contributed by atoms with Crippen LogP contribution < -0.4 is 10.3 Å². The molecular weight excluding hydrogens is 386 g/mol. The minimum atomic E-state index is -1.07. The van der Waals surface area contributed by atoms with Gasteiger partial charge in [0, 0.05) is 30.8 Å². The molecular formula is C23H19NO6. The second-order valence-electron chi connectivity index (χ2n) is 7.15. The second-order valence-corrected chi connectivity index (χ2v) is 7.15. The maximum Gasteiger partial charge on any atom is 0.375 e. The first-order valence-electron chi connectivity index (χ1n) is 9.54. The summed E-state index contributed by atoms with van der Waals surface area (Å²) in [4.78, 5) is 50.7. The van der Waals surface area contributed by atoms with Crippen LogP contribution in [0.3, 0.4) is 0 Å². The molecule has 0 fully saturated rings. The number of fused-ring (bicyclic) bond motifs is 2. The quantitative estimate of drug-likeness (QED) is 0.489. The Morgan fingerprint density at radius 3 is 2.63 bits per heavy atom. The van der Waals surface area contributed by atoms with Crippen molar-refractivity contribution in [1.29, 1.82) is 0 Å². The first-order chi connectivity index (χ1) is 14.3. The SMILES string of the molecule is CC(=O)N1CCc2cc(C(=O)[C@H](C)OC(=O)c3cc(=O)c4ccccc4o3)ccc21. The Hall–Kier alpha value is -3.74. The molecule has 0 saturated carbocycles. The summed E-state index contributed by atoms with van der Waals surface area (Å²) in [7, 11) is 0. The third-order valence-electron chi connectivity index (χ3n) is 5.13. The van der Waals surface area contributed by atoms with Gasteiger partial charge in [0.25, 0.3) is 0 Å². The molecule has 0 spiro atoms. The Balaban J connectivity index is 1.52. The largest absolute Gasteiger partial charge is 0.449 e. The number of carbonyl (C=O) groups excluding carboxylic acids is 3. The first kappa shape index (κ1) is 19.6. The summed E-state index contributed by atoms with van der Waals surface area (Å²) in [6.07, 6.45) is -0.412. The molecule has 0 unspecified atom stereocenters. The van der Waals surface area contributed by atoms with E-state index < -0.39 is 12.1 Å². The molecule has 1 aliphatic rings. The molecule has 0 bridgehead atoms. The zero-order valence-corrected chi connectivity index (χ0v) is 16.5. The topological polar surface area (TPSA) is 93.9 Å². The van der Waals surface area contributed by atoms with Crippen molar-refractivity contribution in [2.24, 2.45) is 0 Å². The molecule has 4 rings (SSSR count). The van der Waals surface area contributed by atoms with Crippen LogP contribution in [0.1, 0.15) is 40.3 Å². The maximum atomic E-state index is 12.8. The number of amides is 1. The molecule has 1 amide bonds. The van der Waals surface area contributed by atoms with Gasteiger partial charge in [-0.25, -0.2) is 4.79 Å². The van der Waals surface area contributed by atoms with Gasteiger partial charge in [-0.2, -0.15) is 0 Å². The summed E-state index contributed by atoms with van der Waals surface area (Å²) in [5.74, 6) is -1.57. The molecule has 1 aromatic heterocycles. The number of nitrogens with zero attached hydrogens (tertiary/aromatic N) is 1. The predicted octanol–water partition coefficient (Wildman–Crippen LogP) is 3.13. The van der Waals surface area contributed by atoms with Crippen molar-refractivity contribution in [2.45, 2.75) is 26.4 Å². The van der Waals surface area contributed by atoms with Crippen LogP contribution in [0.25, 0.3) is 11.0 Å². The van der Waals surface area contributed by atoms with Crippen molar-refractivity contribution in [1.82, 2.24) is 0 Å². The van der Waals surface area contributed by atoms with Crippen LogP contribution in [0.2, 0.25) is 0 Å². The number of ether oxygens (including phenoxy) is 1. The van der Waals surface area contributed by atoms with E-state index in [0.29, 0.717) is 23.9 Å². The van der Waals surface area contributed by atoms with Crippen LogP contribution in [0.4, 0.5) is 5.69 Å². The summed E-state index contributed by atoms with van der Waals surface area (Å²) in [5, 5.41) is 0.357. The summed E-state index contributed by atoms with van der Waals surface area (Å²) in [6, 6.07) is 12.7. The molecule has 30 heavy (non-hydrogen) atoms. The Morgan fingerprint density at radius 1 is 1.10 bits per heavy atom. The predicted molar refractivity (Wildman–Crippen MR) is 110 cm³/mol. The lowest BCUT2D eigenvalue weighted by Gasteiger charge is -2.16. The number of ketones is 1. The Kier molecular flexibility index (Phi) is 4.95. The standard InChI is InChI=1S/C23H19NO6/c1-13(22(27)16-7-8-18-15(11-16)9-10-24(18)14(2)25)29-23(28)21-12-19(26)17-5-3-4-6-20(17)30-21/h3-8,11-13H,9-10H2,1-2H3/t13-/m0/s1. The van der Waals surface area contributed by atoms with Gasteiger partial charge in [-0.3, -0.25) is 14.4 Å². The molecule has 152 valence electrons. The fourth-order valence-electron chi connectivity index (χ4n) is 3.59. The number of hydrogen-bond acceptors (Lipinski definition) is 6. The second kappa shape index (κ2) is 7.59. The molecule has 0 N–H and O–H groups in total. The summed E-state index contributed by atoms with van der Waals surface area (Å²) < 4.78 is 10.7. The van der Waals surface area contributed by atoms with Gasteiger partial charge in [0.15, 0.2) is 11.5 Å². The summed E-state index contributed by atoms with van der Waals surface area (Å²) in [5.41, 5.74) is 1.98. The van der Waals surface area contributed by atoms with Crippen molar-refractivity contribution in [3.05, 3.63) is 75.6 Å². The lowest BCUT2D eigenvalue weighted by Crippen LogP contribution is -2.26. The number of esters is 1. The fourth-order valence-corrected chi connectivity index (χ4v) is 3.59. The van der Waals surface area contributed by atoms with Gasteiger partial charge in [-0.1, -0.05) is 12.1 Å². The normalized spacial score (nSPS) is 13.7. The van der Waals surface area contributed by atoms with Gasteiger partial charge >= 0.3 is 5.97 Å². The highest BCUT2D eigenvalue weighted by atomic mass is 16.6. The van der Waals surface area contributed by atoms with E-state index in [4.69, 9.17) is 9.15 Å². The smallest absolute Gasteiger partial charge is 0.375 e.